The summed E-state index contributed by atoms with van der Waals surface area (Å²) < 4.78 is 5.79. The number of piperazine rings is 1. The molecule has 0 spiro atoms. The largest absolute Gasteiger partial charge is 0.492 e. The second-order valence-corrected chi connectivity index (χ2v) is 6.70. The first-order valence-electron chi connectivity index (χ1n) is 9.21. The van der Waals surface area contributed by atoms with Crippen LogP contribution in [0.5, 0.6) is 5.75 Å². The van der Waals surface area contributed by atoms with E-state index >= 15 is 0 Å². The Morgan fingerprint density at radius 3 is 2.52 bits per heavy atom. The molecule has 1 aromatic carbocycles. The van der Waals surface area contributed by atoms with Crippen molar-refractivity contribution in [3.8, 4) is 5.75 Å². The maximum Gasteiger partial charge on any atom is 0.193 e. The molecule has 1 aliphatic carbocycles. The van der Waals surface area contributed by atoms with Gasteiger partial charge < -0.3 is 15.0 Å². The first-order chi connectivity index (χ1) is 11.8. The number of nitrogens with zero attached hydrogens (tertiary/aromatic N) is 3. The molecule has 5 nitrogen and oxygen atoms in total. The zero-order valence-corrected chi connectivity index (χ0v) is 17.5. The molecule has 2 aliphatic rings. The molecule has 1 saturated carbocycles. The van der Waals surface area contributed by atoms with E-state index in [0.29, 0.717) is 0 Å². The van der Waals surface area contributed by atoms with E-state index in [4.69, 9.17) is 4.74 Å². The van der Waals surface area contributed by atoms with Gasteiger partial charge in [-0.15, -0.1) is 24.0 Å². The molecular weight excluding hydrogens is 427 g/mol. The highest BCUT2D eigenvalue weighted by Gasteiger charge is 2.22. The SMILES string of the molecule is CN=C(NCCC1CC1)N1CCN(CCOc2ccccc2)CC1.I. The molecule has 0 atom stereocenters. The monoisotopic (exact) mass is 458 g/mol. The van der Waals surface area contributed by atoms with Crippen molar-refractivity contribution in [3.63, 3.8) is 0 Å². The first-order valence-corrected chi connectivity index (χ1v) is 9.21. The molecule has 0 bridgehead atoms. The van der Waals surface area contributed by atoms with Gasteiger partial charge in [0.15, 0.2) is 5.96 Å². The Hall–Kier alpha value is -1.02. The Labute approximate surface area is 168 Å². The highest BCUT2D eigenvalue weighted by molar-refractivity contribution is 14.0. The number of rotatable bonds is 7. The molecule has 1 heterocycles. The van der Waals surface area contributed by atoms with E-state index < -0.39 is 0 Å². The third-order valence-corrected chi connectivity index (χ3v) is 4.84. The molecule has 140 valence electrons. The molecule has 3 rings (SSSR count). The standard InChI is InChI=1S/C19H30N4O.HI/c1-20-19(21-10-9-17-7-8-17)23-13-11-22(12-14-23)15-16-24-18-5-3-2-4-6-18;/h2-6,17H,7-16H2,1H3,(H,20,21);1H. The van der Waals surface area contributed by atoms with Crippen molar-refractivity contribution in [3.05, 3.63) is 30.3 Å². The molecule has 25 heavy (non-hydrogen) atoms. The number of guanidine groups is 1. The minimum Gasteiger partial charge on any atom is -0.492 e. The van der Waals surface area contributed by atoms with Crippen LogP contribution >= 0.6 is 24.0 Å². The number of halogens is 1. The summed E-state index contributed by atoms with van der Waals surface area (Å²) in [5.41, 5.74) is 0. The number of para-hydroxylation sites is 1. The smallest absolute Gasteiger partial charge is 0.193 e. The summed E-state index contributed by atoms with van der Waals surface area (Å²) >= 11 is 0. The molecule has 2 fully saturated rings. The molecule has 0 aromatic heterocycles. The van der Waals surface area contributed by atoms with E-state index in [1.807, 2.05) is 37.4 Å². The van der Waals surface area contributed by atoms with E-state index in [0.717, 1.165) is 63.5 Å². The lowest BCUT2D eigenvalue weighted by molar-refractivity contribution is 0.152. The molecule has 1 aromatic rings. The Morgan fingerprint density at radius 2 is 1.88 bits per heavy atom. The Balaban J connectivity index is 0.00000225. The van der Waals surface area contributed by atoms with Crippen LogP contribution in [0.15, 0.2) is 35.3 Å². The molecule has 0 unspecified atom stereocenters. The van der Waals surface area contributed by atoms with Crippen molar-refractivity contribution >= 4 is 29.9 Å². The van der Waals surface area contributed by atoms with Gasteiger partial charge in [0.2, 0.25) is 0 Å². The number of hydrogen-bond acceptors (Lipinski definition) is 3. The molecule has 1 saturated heterocycles. The maximum absolute atomic E-state index is 5.79. The van der Waals surface area contributed by atoms with Crippen LogP contribution in [0.25, 0.3) is 0 Å². The average molecular weight is 458 g/mol. The average Bonchev–Trinajstić information content (AvgIpc) is 3.45. The van der Waals surface area contributed by atoms with Crippen LogP contribution in [0.1, 0.15) is 19.3 Å². The number of nitrogens with one attached hydrogen (secondary N) is 1. The number of hydrogen-bond donors (Lipinski definition) is 1. The van der Waals surface area contributed by atoms with Gasteiger partial charge in [0.25, 0.3) is 0 Å². The third-order valence-electron chi connectivity index (χ3n) is 4.84. The lowest BCUT2D eigenvalue weighted by atomic mass is 10.3. The van der Waals surface area contributed by atoms with Crippen LogP contribution in [0.2, 0.25) is 0 Å². The second-order valence-electron chi connectivity index (χ2n) is 6.70. The van der Waals surface area contributed by atoms with Gasteiger partial charge in [-0.3, -0.25) is 9.89 Å². The van der Waals surface area contributed by atoms with E-state index in [9.17, 15) is 0 Å². The quantitative estimate of drug-likeness (QED) is 0.388. The molecule has 1 aliphatic heterocycles. The van der Waals surface area contributed by atoms with Crippen LogP contribution < -0.4 is 10.1 Å². The van der Waals surface area contributed by atoms with E-state index in [1.54, 1.807) is 0 Å². The van der Waals surface area contributed by atoms with E-state index in [-0.39, 0.29) is 24.0 Å². The van der Waals surface area contributed by atoms with Crippen molar-refractivity contribution in [2.24, 2.45) is 10.9 Å². The fourth-order valence-electron chi connectivity index (χ4n) is 3.12. The minimum absolute atomic E-state index is 0. The minimum atomic E-state index is 0. The van der Waals surface area contributed by atoms with Crippen molar-refractivity contribution in [2.45, 2.75) is 19.3 Å². The lowest BCUT2D eigenvalue weighted by Crippen LogP contribution is -2.53. The van der Waals surface area contributed by atoms with Crippen LogP contribution in [0.4, 0.5) is 0 Å². The van der Waals surface area contributed by atoms with Gasteiger partial charge in [-0.1, -0.05) is 31.0 Å². The van der Waals surface area contributed by atoms with Gasteiger partial charge in [0.1, 0.15) is 12.4 Å². The van der Waals surface area contributed by atoms with Gasteiger partial charge in [0, 0.05) is 46.3 Å². The summed E-state index contributed by atoms with van der Waals surface area (Å²) in [5, 5.41) is 3.52. The number of benzene rings is 1. The van der Waals surface area contributed by atoms with E-state index in [2.05, 4.69) is 20.1 Å². The van der Waals surface area contributed by atoms with Gasteiger partial charge in [-0.2, -0.15) is 0 Å². The summed E-state index contributed by atoms with van der Waals surface area (Å²) in [7, 11) is 1.89. The molecule has 0 radical (unpaired) electrons. The second kappa shape index (κ2) is 10.9. The number of aliphatic imine (C=N–C) groups is 1. The van der Waals surface area contributed by atoms with Crippen molar-refractivity contribution in [1.29, 1.82) is 0 Å². The molecule has 0 amide bonds. The maximum atomic E-state index is 5.79. The third kappa shape index (κ3) is 7.01. The predicted molar refractivity (Wildman–Crippen MR) is 114 cm³/mol. The molecule has 1 N–H and O–H groups in total. The first kappa shape index (κ1) is 20.3. The highest BCUT2D eigenvalue weighted by atomic mass is 127. The molecular formula is C19H31IN4O. The Morgan fingerprint density at radius 1 is 1.16 bits per heavy atom. The molecule has 6 heteroatoms. The lowest BCUT2D eigenvalue weighted by Gasteiger charge is -2.36. The van der Waals surface area contributed by atoms with Crippen molar-refractivity contribution < 1.29 is 4.74 Å². The van der Waals surface area contributed by atoms with Crippen molar-refractivity contribution in [1.82, 2.24) is 15.1 Å². The van der Waals surface area contributed by atoms with E-state index in [1.165, 1.54) is 19.3 Å². The van der Waals surface area contributed by atoms with Gasteiger partial charge in [-0.05, 0) is 24.5 Å². The summed E-state index contributed by atoms with van der Waals surface area (Å²) in [6, 6.07) is 10.0. The fraction of sp³-hybridized carbons (Fsp3) is 0.632. The highest BCUT2D eigenvalue weighted by Crippen LogP contribution is 2.31. The zero-order chi connectivity index (χ0) is 16.6. The topological polar surface area (TPSA) is 40.1 Å². The van der Waals surface area contributed by atoms with Gasteiger partial charge >= 0.3 is 0 Å². The summed E-state index contributed by atoms with van der Waals surface area (Å²) in [5.74, 6) is 2.99. The van der Waals surface area contributed by atoms with Crippen LogP contribution in [0, 0.1) is 5.92 Å². The predicted octanol–water partition coefficient (Wildman–Crippen LogP) is 2.68. The summed E-state index contributed by atoms with van der Waals surface area (Å²) in [4.78, 5) is 9.29. The Bertz CT molecular complexity index is 513. The van der Waals surface area contributed by atoms with Crippen LogP contribution in [-0.4, -0.2) is 68.7 Å². The fourth-order valence-corrected chi connectivity index (χ4v) is 3.12. The summed E-state index contributed by atoms with van der Waals surface area (Å²) in [6.45, 7) is 7.00. The Kier molecular flexibility index (Phi) is 8.81. The van der Waals surface area contributed by atoms with Crippen LogP contribution in [-0.2, 0) is 0 Å². The van der Waals surface area contributed by atoms with Gasteiger partial charge in [-0.25, -0.2) is 0 Å². The summed E-state index contributed by atoms with van der Waals surface area (Å²) in [6.07, 6.45) is 4.13. The van der Waals surface area contributed by atoms with Crippen LogP contribution in [0.3, 0.4) is 0 Å². The number of ether oxygens (including phenoxy) is 1. The zero-order valence-electron chi connectivity index (χ0n) is 15.2. The van der Waals surface area contributed by atoms with Gasteiger partial charge in [0.05, 0.1) is 0 Å². The van der Waals surface area contributed by atoms with Crippen molar-refractivity contribution in [2.75, 3.05) is 52.9 Å². The normalized spacial score (nSPS) is 18.6.